The maximum Gasteiger partial charge on any atom is -0.0354 e. The summed E-state index contributed by atoms with van der Waals surface area (Å²) in [5.74, 6) is 0. The molecule has 0 aliphatic carbocycles. The third kappa shape index (κ3) is 20.3. The molecule has 0 aromatic carbocycles. The van der Waals surface area contributed by atoms with Crippen molar-refractivity contribution in [2.75, 3.05) is 0 Å². The van der Waals surface area contributed by atoms with E-state index in [1.165, 1.54) is 135 Å². The Kier molecular flexibility index (Phi) is 19.8. The molecule has 0 aromatic rings. The van der Waals surface area contributed by atoms with Crippen LogP contribution in [0.5, 0.6) is 0 Å². The Labute approximate surface area is 168 Å². The lowest BCUT2D eigenvalue weighted by molar-refractivity contribution is 0.282. The van der Waals surface area contributed by atoms with Gasteiger partial charge in [-0.05, 0) is 18.3 Å². The molecule has 0 fully saturated rings. The van der Waals surface area contributed by atoms with Crippen molar-refractivity contribution in [2.45, 2.75) is 163 Å². The Morgan fingerprint density at radius 3 is 0.846 bits per heavy atom. The first-order valence-corrected chi connectivity index (χ1v) is 12.6. The van der Waals surface area contributed by atoms with Gasteiger partial charge < -0.3 is 0 Å². The van der Waals surface area contributed by atoms with Gasteiger partial charge in [-0.3, -0.25) is 0 Å². The molecule has 0 unspecified atom stereocenters. The molecule has 0 amide bonds. The maximum atomic E-state index is 2.50. The van der Waals surface area contributed by atoms with Gasteiger partial charge in [0.2, 0.25) is 0 Å². The van der Waals surface area contributed by atoms with Gasteiger partial charge in [0, 0.05) is 0 Å². The fraction of sp³-hybridized carbons (Fsp3) is 1.00. The zero-order valence-electron chi connectivity index (χ0n) is 19.3. The quantitative estimate of drug-likeness (QED) is 0.177. The summed E-state index contributed by atoms with van der Waals surface area (Å²) in [6.07, 6.45) is 30.6. The molecule has 0 atom stereocenters. The van der Waals surface area contributed by atoms with E-state index in [-0.39, 0.29) is 0 Å². The van der Waals surface area contributed by atoms with E-state index in [2.05, 4.69) is 27.7 Å². The minimum absolute atomic E-state index is 0.586. The highest BCUT2D eigenvalue weighted by atomic mass is 14.2. The Balaban J connectivity index is 3.27. The Morgan fingerprint density at radius 2 is 0.577 bits per heavy atom. The summed E-state index contributed by atoms with van der Waals surface area (Å²) in [6.45, 7) is 9.61. The van der Waals surface area contributed by atoms with Gasteiger partial charge in [0.25, 0.3) is 0 Å². The van der Waals surface area contributed by atoms with E-state index in [0.29, 0.717) is 5.41 Å². The first kappa shape index (κ1) is 26.0. The number of hydrogen-bond acceptors (Lipinski definition) is 0. The molecular formula is C26H54. The molecule has 0 nitrogen and oxygen atoms in total. The molecule has 0 saturated heterocycles. The van der Waals surface area contributed by atoms with E-state index in [9.17, 15) is 0 Å². The highest BCUT2D eigenvalue weighted by Gasteiger charge is 2.16. The van der Waals surface area contributed by atoms with Crippen LogP contribution in [-0.4, -0.2) is 0 Å². The summed E-state index contributed by atoms with van der Waals surface area (Å²) in [5.41, 5.74) is 0.586. The highest BCUT2D eigenvalue weighted by Crippen LogP contribution is 2.30. The maximum absolute atomic E-state index is 2.50. The van der Waals surface area contributed by atoms with Crippen molar-refractivity contribution >= 4 is 0 Å². The molecule has 0 aliphatic heterocycles. The smallest absolute Gasteiger partial charge is 0.0354 e. The molecule has 0 heterocycles. The third-order valence-corrected chi connectivity index (χ3v) is 6.16. The van der Waals surface area contributed by atoms with Crippen LogP contribution >= 0.6 is 0 Å². The second kappa shape index (κ2) is 19.8. The molecule has 158 valence electrons. The van der Waals surface area contributed by atoms with Crippen molar-refractivity contribution in [1.29, 1.82) is 0 Å². The van der Waals surface area contributed by atoms with Crippen molar-refractivity contribution in [2.24, 2.45) is 5.41 Å². The summed E-state index contributed by atoms with van der Waals surface area (Å²) in [7, 11) is 0. The van der Waals surface area contributed by atoms with E-state index in [0.717, 1.165) is 0 Å². The predicted octanol–water partition coefficient (Wildman–Crippen LogP) is 10.2. The average Bonchev–Trinajstić information content (AvgIpc) is 2.62. The van der Waals surface area contributed by atoms with Crippen LogP contribution in [0.15, 0.2) is 0 Å². The third-order valence-electron chi connectivity index (χ3n) is 6.16. The summed E-state index contributed by atoms with van der Waals surface area (Å²) < 4.78 is 0. The van der Waals surface area contributed by atoms with E-state index in [4.69, 9.17) is 0 Å². The molecule has 0 heteroatoms. The fourth-order valence-electron chi connectivity index (χ4n) is 4.13. The Morgan fingerprint density at radius 1 is 0.346 bits per heavy atom. The zero-order chi connectivity index (χ0) is 19.3. The van der Waals surface area contributed by atoms with Crippen LogP contribution in [0.2, 0.25) is 0 Å². The summed E-state index contributed by atoms with van der Waals surface area (Å²) in [6, 6.07) is 0. The molecule has 26 heavy (non-hydrogen) atoms. The standard InChI is InChI=1S/C26H54/c1-5-7-9-11-13-14-15-16-17-18-19-21-23-25-26(3,4)24-22-20-12-10-8-6-2/h5-25H2,1-4H3. The Bertz CT molecular complexity index is 253. The molecule has 0 spiro atoms. The van der Waals surface area contributed by atoms with E-state index in [1.54, 1.807) is 0 Å². The van der Waals surface area contributed by atoms with Crippen molar-refractivity contribution in [1.82, 2.24) is 0 Å². The first-order valence-electron chi connectivity index (χ1n) is 12.6. The lowest BCUT2D eigenvalue weighted by Gasteiger charge is -2.24. The fourth-order valence-corrected chi connectivity index (χ4v) is 4.13. The van der Waals surface area contributed by atoms with Gasteiger partial charge in [-0.15, -0.1) is 0 Å². The van der Waals surface area contributed by atoms with Crippen molar-refractivity contribution in [3.05, 3.63) is 0 Å². The topological polar surface area (TPSA) is 0 Å². The summed E-state index contributed by atoms with van der Waals surface area (Å²) in [5, 5.41) is 0. The van der Waals surface area contributed by atoms with Gasteiger partial charge in [-0.2, -0.15) is 0 Å². The predicted molar refractivity (Wildman–Crippen MR) is 122 cm³/mol. The second-order valence-electron chi connectivity index (χ2n) is 9.67. The minimum Gasteiger partial charge on any atom is -0.0654 e. The van der Waals surface area contributed by atoms with Gasteiger partial charge >= 0.3 is 0 Å². The largest absolute Gasteiger partial charge is 0.0654 e. The summed E-state index contributed by atoms with van der Waals surface area (Å²) >= 11 is 0. The van der Waals surface area contributed by atoms with E-state index >= 15 is 0 Å². The Hall–Kier alpha value is 0. The number of rotatable bonds is 21. The molecule has 0 rings (SSSR count). The molecule has 0 N–H and O–H groups in total. The van der Waals surface area contributed by atoms with Crippen molar-refractivity contribution < 1.29 is 0 Å². The van der Waals surface area contributed by atoms with Gasteiger partial charge in [-0.1, -0.05) is 150 Å². The van der Waals surface area contributed by atoms with E-state index < -0.39 is 0 Å². The van der Waals surface area contributed by atoms with Crippen molar-refractivity contribution in [3.8, 4) is 0 Å². The van der Waals surface area contributed by atoms with Gasteiger partial charge in [0.1, 0.15) is 0 Å². The lowest BCUT2D eigenvalue weighted by atomic mass is 9.82. The normalized spacial score (nSPS) is 12.0. The summed E-state index contributed by atoms with van der Waals surface area (Å²) in [4.78, 5) is 0. The molecule has 0 aromatic heterocycles. The van der Waals surface area contributed by atoms with Crippen LogP contribution in [0.1, 0.15) is 163 Å². The van der Waals surface area contributed by atoms with Crippen molar-refractivity contribution in [3.63, 3.8) is 0 Å². The van der Waals surface area contributed by atoms with Crippen LogP contribution in [0.3, 0.4) is 0 Å². The lowest BCUT2D eigenvalue weighted by Crippen LogP contribution is -2.11. The van der Waals surface area contributed by atoms with Gasteiger partial charge in [0.05, 0.1) is 0 Å². The van der Waals surface area contributed by atoms with E-state index in [1.807, 2.05) is 0 Å². The number of unbranched alkanes of at least 4 members (excludes halogenated alkanes) is 17. The first-order chi connectivity index (χ1) is 12.6. The minimum atomic E-state index is 0.586. The molecule has 0 radical (unpaired) electrons. The van der Waals surface area contributed by atoms with Crippen LogP contribution in [0.4, 0.5) is 0 Å². The average molecular weight is 367 g/mol. The number of hydrogen-bond donors (Lipinski definition) is 0. The highest BCUT2D eigenvalue weighted by molar-refractivity contribution is 4.68. The van der Waals surface area contributed by atoms with Gasteiger partial charge in [0.15, 0.2) is 0 Å². The molecular weight excluding hydrogens is 312 g/mol. The SMILES string of the molecule is CCCCCCCCCCCCCCCC(C)(C)CCCCCCCC. The van der Waals surface area contributed by atoms with Crippen LogP contribution in [0.25, 0.3) is 0 Å². The van der Waals surface area contributed by atoms with Crippen LogP contribution < -0.4 is 0 Å². The van der Waals surface area contributed by atoms with Gasteiger partial charge in [-0.25, -0.2) is 0 Å². The monoisotopic (exact) mass is 366 g/mol. The molecule has 0 bridgehead atoms. The molecule has 0 saturated carbocycles. The molecule has 0 aliphatic rings. The van der Waals surface area contributed by atoms with Crippen LogP contribution in [-0.2, 0) is 0 Å². The second-order valence-corrected chi connectivity index (χ2v) is 9.67. The van der Waals surface area contributed by atoms with Crippen LogP contribution in [0, 0.1) is 5.41 Å². The zero-order valence-corrected chi connectivity index (χ0v) is 19.3.